The molecule has 0 aliphatic carbocycles. The summed E-state index contributed by atoms with van der Waals surface area (Å²) in [4.78, 5) is 13.0. The van der Waals surface area contributed by atoms with Crippen molar-refractivity contribution >= 4 is 5.91 Å². The predicted molar refractivity (Wildman–Crippen MR) is 64.5 cm³/mol. The van der Waals surface area contributed by atoms with Gasteiger partial charge in [0.05, 0.1) is 12.6 Å². The van der Waals surface area contributed by atoms with Crippen LogP contribution in [-0.4, -0.2) is 54.1 Å². The Bertz CT molecular complexity index is 277. The lowest BCUT2D eigenvalue weighted by Gasteiger charge is -2.39. The van der Waals surface area contributed by atoms with Gasteiger partial charge >= 0.3 is 0 Å². The number of nitrogens with one attached hydrogen (secondary N) is 1. The summed E-state index contributed by atoms with van der Waals surface area (Å²) in [6, 6.07) is -0.164. The molecule has 3 atom stereocenters. The Morgan fingerprint density at radius 1 is 1.50 bits per heavy atom. The SMILES string of the molecule is CCC(O)C1CC(NCC(F)F)CN(C(C)=O)C1. The number of halogens is 2. The summed E-state index contributed by atoms with van der Waals surface area (Å²) in [5, 5.41) is 12.6. The molecule has 6 heteroatoms. The number of alkyl halides is 2. The molecule has 106 valence electrons. The molecule has 18 heavy (non-hydrogen) atoms. The number of hydrogen-bond acceptors (Lipinski definition) is 3. The molecule has 0 aromatic rings. The lowest BCUT2D eigenvalue weighted by atomic mass is 9.88. The van der Waals surface area contributed by atoms with Crippen molar-refractivity contribution in [1.29, 1.82) is 0 Å². The zero-order valence-electron chi connectivity index (χ0n) is 10.9. The minimum absolute atomic E-state index is 0.0391. The van der Waals surface area contributed by atoms with Crippen molar-refractivity contribution in [2.45, 2.75) is 45.3 Å². The minimum Gasteiger partial charge on any atom is -0.393 e. The Morgan fingerprint density at radius 2 is 2.17 bits per heavy atom. The fourth-order valence-electron chi connectivity index (χ4n) is 2.41. The van der Waals surface area contributed by atoms with Crippen LogP contribution in [0.25, 0.3) is 0 Å². The fourth-order valence-corrected chi connectivity index (χ4v) is 2.41. The Labute approximate surface area is 106 Å². The van der Waals surface area contributed by atoms with Crippen molar-refractivity contribution in [1.82, 2.24) is 10.2 Å². The van der Waals surface area contributed by atoms with Crippen LogP contribution in [0.2, 0.25) is 0 Å². The van der Waals surface area contributed by atoms with Crippen LogP contribution in [0.3, 0.4) is 0 Å². The number of nitrogens with zero attached hydrogens (tertiary/aromatic N) is 1. The van der Waals surface area contributed by atoms with E-state index in [1.165, 1.54) is 6.92 Å². The Balaban J connectivity index is 2.59. The average Bonchev–Trinajstić information content (AvgIpc) is 2.34. The zero-order chi connectivity index (χ0) is 13.7. The molecule has 2 N–H and O–H groups in total. The highest BCUT2D eigenvalue weighted by molar-refractivity contribution is 5.73. The lowest BCUT2D eigenvalue weighted by molar-refractivity contribution is -0.132. The second-order valence-corrected chi connectivity index (χ2v) is 4.89. The van der Waals surface area contributed by atoms with Gasteiger partial charge in [0.15, 0.2) is 0 Å². The van der Waals surface area contributed by atoms with Gasteiger partial charge in [-0.3, -0.25) is 4.79 Å². The van der Waals surface area contributed by atoms with Gasteiger partial charge in [-0.1, -0.05) is 6.92 Å². The summed E-state index contributed by atoms with van der Waals surface area (Å²) in [6.07, 6.45) is -1.64. The summed E-state index contributed by atoms with van der Waals surface area (Å²) >= 11 is 0. The van der Waals surface area contributed by atoms with Crippen LogP contribution in [0, 0.1) is 5.92 Å². The quantitative estimate of drug-likeness (QED) is 0.774. The largest absolute Gasteiger partial charge is 0.393 e. The van der Waals surface area contributed by atoms with E-state index in [0.717, 1.165) is 0 Å². The number of likely N-dealkylation sites (tertiary alicyclic amines) is 1. The monoisotopic (exact) mass is 264 g/mol. The Morgan fingerprint density at radius 3 is 2.67 bits per heavy atom. The van der Waals surface area contributed by atoms with Crippen LogP contribution in [0.5, 0.6) is 0 Å². The van der Waals surface area contributed by atoms with Gasteiger partial charge in [0.2, 0.25) is 5.91 Å². The maximum atomic E-state index is 12.2. The van der Waals surface area contributed by atoms with Crippen LogP contribution < -0.4 is 5.32 Å². The molecular formula is C12H22F2N2O2. The highest BCUT2D eigenvalue weighted by Gasteiger charge is 2.32. The van der Waals surface area contributed by atoms with Gasteiger partial charge in [0.1, 0.15) is 0 Å². The van der Waals surface area contributed by atoms with Crippen molar-refractivity contribution in [2.75, 3.05) is 19.6 Å². The number of aliphatic hydroxyl groups excluding tert-OH is 1. The first-order valence-corrected chi connectivity index (χ1v) is 6.39. The van der Waals surface area contributed by atoms with E-state index in [1.807, 2.05) is 6.92 Å². The standard InChI is InChI=1S/C12H22F2N2O2/c1-3-11(18)9-4-10(15-5-12(13)14)7-16(6-9)8(2)17/h9-12,15,18H,3-7H2,1-2H3. The van der Waals surface area contributed by atoms with Gasteiger partial charge in [-0.2, -0.15) is 0 Å². The van der Waals surface area contributed by atoms with E-state index >= 15 is 0 Å². The zero-order valence-corrected chi connectivity index (χ0v) is 10.9. The van der Waals surface area contributed by atoms with Crippen LogP contribution in [0.4, 0.5) is 8.78 Å². The van der Waals surface area contributed by atoms with Gasteiger partial charge in [-0.15, -0.1) is 0 Å². The molecule has 0 spiro atoms. The van der Waals surface area contributed by atoms with Crippen LogP contribution in [0.1, 0.15) is 26.7 Å². The van der Waals surface area contributed by atoms with Crippen molar-refractivity contribution in [3.63, 3.8) is 0 Å². The molecule has 1 aliphatic rings. The number of piperidine rings is 1. The number of hydrogen-bond donors (Lipinski definition) is 2. The molecule has 1 rings (SSSR count). The van der Waals surface area contributed by atoms with E-state index in [-0.39, 0.29) is 24.4 Å². The third-order valence-corrected chi connectivity index (χ3v) is 3.45. The number of carbonyl (C=O) groups is 1. The number of amides is 1. The first kappa shape index (κ1) is 15.3. The molecule has 1 saturated heterocycles. The summed E-state index contributed by atoms with van der Waals surface area (Å²) < 4.78 is 24.3. The summed E-state index contributed by atoms with van der Waals surface area (Å²) in [5.41, 5.74) is 0. The smallest absolute Gasteiger partial charge is 0.250 e. The second-order valence-electron chi connectivity index (χ2n) is 4.89. The Hall–Kier alpha value is -0.750. The predicted octanol–water partition coefficient (Wildman–Crippen LogP) is 0.849. The van der Waals surface area contributed by atoms with E-state index in [9.17, 15) is 18.7 Å². The first-order valence-electron chi connectivity index (χ1n) is 6.39. The van der Waals surface area contributed by atoms with Gasteiger partial charge in [0, 0.05) is 32.0 Å². The third kappa shape index (κ3) is 4.49. The number of carbonyl (C=O) groups excluding carboxylic acids is 1. The van der Waals surface area contributed by atoms with Crippen molar-refractivity contribution in [3.05, 3.63) is 0 Å². The second kappa shape index (κ2) is 6.99. The van der Waals surface area contributed by atoms with E-state index in [1.54, 1.807) is 4.90 Å². The van der Waals surface area contributed by atoms with E-state index < -0.39 is 12.5 Å². The third-order valence-electron chi connectivity index (χ3n) is 3.45. The maximum Gasteiger partial charge on any atom is 0.250 e. The van der Waals surface area contributed by atoms with Crippen LogP contribution in [0.15, 0.2) is 0 Å². The van der Waals surface area contributed by atoms with Crippen LogP contribution >= 0.6 is 0 Å². The highest BCUT2D eigenvalue weighted by Crippen LogP contribution is 2.22. The van der Waals surface area contributed by atoms with E-state index in [0.29, 0.717) is 25.9 Å². The molecule has 1 heterocycles. The fraction of sp³-hybridized carbons (Fsp3) is 0.917. The molecule has 3 unspecified atom stereocenters. The molecule has 0 bridgehead atoms. The normalized spacial score (nSPS) is 26.4. The lowest BCUT2D eigenvalue weighted by Crippen LogP contribution is -2.53. The van der Waals surface area contributed by atoms with Gasteiger partial charge in [0.25, 0.3) is 6.43 Å². The molecular weight excluding hydrogens is 242 g/mol. The van der Waals surface area contributed by atoms with Gasteiger partial charge in [-0.25, -0.2) is 8.78 Å². The Kier molecular flexibility index (Phi) is 5.95. The van der Waals surface area contributed by atoms with Crippen LogP contribution in [-0.2, 0) is 4.79 Å². The van der Waals surface area contributed by atoms with Gasteiger partial charge < -0.3 is 15.3 Å². The first-order chi connectivity index (χ1) is 8.43. The van der Waals surface area contributed by atoms with E-state index in [2.05, 4.69) is 5.32 Å². The van der Waals surface area contributed by atoms with Crippen molar-refractivity contribution in [3.8, 4) is 0 Å². The molecule has 4 nitrogen and oxygen atoms in total. The summed E-state index contributed by atoms with van der Waals surface area (Å²) in [6.45, 7) is 3.92. The molecule has 0 saturated carbocycles. The highest BCUT2D eigenvalue weighted by atomic mass is 19.3. The molecule has 0 radical (unpaired) electrons. The number of aliphatic hydroxyl groups is 1. The summed E-state index contributed by atoms with van der Waals surface area (Å²) in [7, 11) is 0. The average molecular weight is 264 g/mol. The minimum atomic E-state index is -2.40. The summed E-state index contributed by atoms with van der Waals surface area (Å²) in [5.74, 6) is -0.116. The van der Waals surface area contributed by atoms with Crippen molar-refractivity contribution < 1.29 is 18.7 Å². The number of rotatable bonds is 5. The van der Waals surface area contributed by atoms with E-state index in [4.69, 9.17) is 0 Å². The van der Waals surface area contributed by atoms with Gasteiger partial charge in [-0.05, 0) is 12.8 Å². The van der Waals surface area contributed by atoms with Crippen molar-refractivity contribution in [2.24, 2.45) is 5.92 Å². The molecule has 1 aliphatic heterocycles. The molecule has 1 fully saturated rings. The topological polar surface area (TPSA) is 52.6 Å². The molecule has 0 aromatic carbocycles. The molecule has 0 aromatic heterocycles. The maximum absolute atomic E-state index is 12.2. The molecule has 1 amide bonds.